The lowest BCUT2D eigenvalue weighted by Crippen LogP contribution is -2.03. The van der Waals surface area contributed by atoms with Gasteiger partial charge >= 0.3 is 11.9 Å². The van der Waals surface area contributed by atoms with Crippen molar-refractivity contribution in [3.05, 3.63) is 157 Å². The number of benzene rings is 5. The van der Waals surface area contributed by atoms with Crippen LogP contribution in [0.3, 0.4) is 0 Å². The molecule has 0 saturated carbocycles. The number of nitriles is 1. The second kappa shape index (κ2) is 23.3. The zero-order chi connectivity index (χ0) is 40.8. The van der Waals surface area contributed by atoms with Gasteiger partial charge in [-0.25, -0.2) is 9.59 Å². The van der Waals surface area contributed by atoms with Gasteiger partial charge in [0, 0.05) is 18.2 Å². The summed E-state index contributed by atoms with van der Waals surface area (Å²) in [6.45, 7) is 9.40. The lowest BCUT2D eigenvalue weighted by atomic mass is 10.0. The predicted octanol–water partition coefficient (Wildman–Crippen LogP) is 10.6. The van der Waals surface area contributed by atoms with E-state index in [1.165, 1.54) is 12.2 Å². The standard InChI is InChI=1S/C49H49NO8/c1-3-48(51)55-31-9-5-7-29-53-44-24-20-42(21-25-44)40-16-11-37(12-17-40)35-57-46-28-15-39(34-50)33-47(46)58-36-38-13-18-41(19-14-38)43-22-26-45(27-23-43)54-30-8-6-10-32-56-49(52)4-2/h3-4,11-28,33H,1-2,5-10,29-32,35-36H2. The van der Waals surface area contributed by atoms with Crippen LogP contribution in [0.4, 0.5) is 0 Å². The summed E-state index contributed by atoms with van der Waals surface area (Å²) in [4.78, 5) is 22.2. The van der Waals surface area contributed by atoms with Gasteiger partial charge in [-0.1, -0.05) is 86.0 Å². The van der Waals surface area contributed by atoms with E-state index < -0.39 is 11.9 Å². The van der Waals surface area contributed by atoms with E-state index in [0.29, 0.717) is 56.7 Å². The molecule has 5 aromatic carbocycles. The molecule has 0 radical (unpaired) electrons. The first-order valence-corrected chi connectivity index (χ1v) is 19.5. The monoisotopic (exact) mass is 779 g/mol. The Labute approximate surface area is 341 Å². The second-order valence-corrected chi connectivity index (χ2v) is 13.4. The maximum atomic E-state index is 11.1. The summed E-state index contributed by atoms with van der Waals surface area (Å²) in [7, 11) is 0. The molecule has 0 amide bonds. The summed E-state index contributed by atoms with van der Waals surface area (Å²) in [5, 5.41) is 9.54. The summed E-state index contributed by atoms with van der Waals surface area (Å²) in [5.74, 6) is 1.89. The third-order valence-corrected chi connectivity index (χ3v) is 9.08. The van der Waals surface area contributed by atoms with Gasteiger partial charge in [0.25, 0.3) is 0 Å². The quantitative estimate of drug-likeness (QED) is 0.0343. The van der Waals surface area contributed by atoms with Crippen LogP contribution in [-0.4, -0.2) is 38.4 Å². The van der Waals surface area contributed by atoms with Crippen molar-refractivity contribution in [3.8, 4) is 51.3 Å². The van der Waals surface area contributed by atoms with E-state index in [2.05, 4.69) is 43.5 Å². The van der Waals surface area contributed by atoms with Crippen molar-refractivity contribution >= 4 is 11.9 Å². The molecule has 0 bridgehead atoms. The Bertz CT molecular complexity index is 2100. The lowest BCUT2D eigenvalue weighted by Gasteiger charge is -2.14. The van der Waals surface area contributed by atoms with Crippen molar-refractivity contribution in [2.75, 3.05) is 26.4 Å². The average Bonchev–Trinajstić information content (AvgIpc) is 3.27. The molecule has 0 spiro atoms. The fourth-order valence-corrected chi connectivity index (χ4v) is 5.81. The van der Waals surface area contributed by atoms with Crippen LogP contribution in [0.5, 0.6) is 23.0 Å². The normalized spacial score (nSPS) is 10.5. The molecule has 0 heterocycles. The average molecular weight is 780 g/mol. The predicted molar refractivity (Wildman–Crippen MR) is 225 cm³/mol. The van der Waals surface area contributed by atoms with Gasteiger partial charge in [-0.05, 0) is 108 Å². The minimum atomic E-state index is -0.392. The van der Waals surface area contributed by atoms with Crippen LogP contribution in [0.15, 0.2) is 141 Å². The fourth-order valence-electron chi connectivity index (χ4n) is 5.81. The summed E-state index contributed by atoms with van der Waals surface area (Å²) < 4.78 is 34.1. The topological polar surface area (TPSA) is 113 Å². The van der Waals surface area contributed by atoms with Gasteiger partial charge in [-0.15, -0.1) is 0 Å². The molecule has 9 heteroatoms. The number of hydrogen-bond donors (Lipinski definition) is 0. The molecule has 0 N–H and O–H groups in total. The largest absolute Gasteiger partial charge is 0.494 e. The Hall–Kier alpha value is -6.79. The van der Waals surface area contributed by atoms with E-state index in [0.717, 1.165) is 83.4 Å². The Kier molecular flexibility index (Phi) is 17.0. The molecule has 5 rings (SSSR count). The molecule has 0 aromatic heterocycles. The van der Waals surface area contributed by atoms with Crippen LogP contribution in [-0.2, 0) is 32.3 Å². The third kappa shape index (κ3) is 14.1. The van der Waals surface area contributed by atoms with Crippen molar-refractivity contribution in [3.63, 3.8) is 0 Å². The van der Waals surface area contributed by atoms with E-state index in [-0.39, 0.29) is 0 Å². The summed E-state index contributed by atoms with van der Waals surface area (Å²) >= 11 is 0. The maximum absolute atomic E-state index is 11.1. The van der Waals surface area contributed by atoms with Crippen LogP contribution in [0.25, 0.3) is 22.3 Å². The Morgan fingerprint density at radius 2 is 0.879 bits per heavy atom. The highest BCUT2D eigenvalue weighted by Gasteiger charge is 2.10. The molecule has 9 nitrogen and oxygen atoms in total. The number of esters is 2. The minimum absolute atomic E-state index is 0.308. The molecule has 0 aliphatic rings. The molecule has 0 unspecified atom stereocenters. The number of unbranched alkanes of at least 4 members (excludes halogenated alkanes) is 4. The fraction of sp³-hybridized carbons (Fsp3) is 0.245. The van der Waals surface area contributed by atoms with Gasteiger partial charge in [0.15, 0.2) is 11.5 Å². The highest BCUT2D eigenvalue weighted by Crippen LogP contribution is 2.31. The van der Waals surface area contributed by atoms with Gasteiger partial charge in [-0.3, -0.25) is 0 Å². The Morgan fingerprint density at radius 3 is 1.29 bits per heavy atom. The van der Waals surface area contributed by atoms with E-state index in [9.17, 15) is 14.9 Å². The molecule has 0 atom stereocenters. The highest BCUT2D eigenvalue weighted by atomic mass is 16.5. The van der Waals surface area contributed by atoms with Crippen molar-refractivity contribution in [1.29, 1.82) is 5.26 Å². The van der Waals surface area contributed by atoms with Crippen molar-refractivity contribution in [2.24, 2.45) is 0 Å². The molecule has 0 saturated heterocycles. The molecule has 298 valence electrons. The van der Waals surface area contributed by atoms with Gasteiger partial charge in [0.1, 0.15) is 24.7 Å². The van der Waals surface area contributed by atoms with E-state index in [4.69, 9.17) is 28.4 Å². The minimum Gasteiger partial charge on any atom is -0.494 e. The number of carbonyl (C=O) groups is 2. The first-order valence-electron chi connectivity index (χ1n) is 19.5. The van der Waals surface area contributed by atoms with Gasteiger partial charge in [0.2, 0.25) is 0 Å². The Morgan fingerprint density at radius 1 is 0.483 bits per heavy atom. The zero-order valence-electron chi connectivity index (χ0n) is 32.7. The first-order chi connectivity index (χ1) is 28.4. The highest BCUT2D eigenvalue weighted by molar-refractivity contribution is 5.81. The van der Waals surface area contributed by atoms with Crippen molar-refractivity contribution in [2.45, 2.75) is 51.7 Å². The van der Waals surface area contributed by atoms with Crippen molar-refractivity contribution in [1.82, 2.24) is 0 Å². The van der Waals surface area contributed by atoms with E-state index in [1.807, 2.05) is 72.8 Å². The van der Waals surface area contributed by atoms with Crippen LogP contribution < -0.4 is 18.9 Å². The third-order valence-electron chi connectivity index (χ3n) is 9.08. The number of rotatable bonds is 24. The molecule has 0 aliphatic heterocycles. The first kappa shape index (κ1) is 42.4. The lowest BCUT2D eigenvalue weighted by molar-refractivity contribution is -0.138. The smallest absolute Gasteiger partial charge is 0.330 e. The second-order valence-electron chi connectivity index (χ2n) is 13.4. The van der Waals surface area contributed by atoms with Crippen LogP contribution in [0, 0.1) is 11.3 Å². The number of nitrogens with zero attached hydrogens (tertiary/aromatic N) is 1. The van der Waals surface area contributed by atoms with E-state index >= 15 is 0 Å². The molecule has 5 aromatic rings. The molecule has 0 aliphatic carbocycles. The molecule has 0 fully saturated rings. The summed E-state index contributed by atoms with van der Waals surface area (Å²) in [5.41, 5.74) is 6.76. The van der Waals surface area contributed by atoms with Gasteiger partial charge in [0.05, 0.1) is 38.1 Å². The van der Waals surface area contributed by atoms with E-state index in [1.54, 1.807) is 18.2 Å². The molecular formula is C49H49NO8. The number of ether oxygens (including phenoxy) is 6. The Balaban J connectivity index is 1.06. The number of hydrogen-bond acceptors (Lipinski definition) is 9. The SMILES string of the molecule is C=CC(=O)OCCCCCOc1ccc(-c2ccc(COc3ccc(C#N)cc3OCc3ccc(-c4ccc(OCCCCCOC(=O)C=C)cc4)cc3)cc2)cc1. The van der Waals surface area contributed by atoms with Crippen LogP contribution in [0.2, 0.25) is 0 Å². The number of carbonyl (C=O) groups excluding carboxylic acids is 2. The maximum Gasteiger partial charge on any atom is 0.330 e. The molecule has 58 heavy (non-hydrogen) atoms. The van der Waals surface area contributed by atoms with Gasteiger partial charge in [-0.2, -0.15) is 5.26 Å². The molecular weight excluding hydrogens is 731 g/mol. The van der Waals surface area contributed by atoms with Crippen LogP contribution >= 0.6 is 0 Å². The summed E-state index contributed by atoms with van der Waals surface area (Å²) in [6, 6.07) is 39.8. The van der Waals surface area contributed by atoms with Gasteiger partial charge < -0.3 is 28.4 Å². The summed E-state index contributed by atoms with van der Waals surface area (Å²) in [6.07, 6.45) is 7.49. The van der Waals surface area contributed by atoms with Crippen molar-refractivity contribution < 1.29 is 38.0 Å². The zero-order valence-corrected chi connectivity index (χ0v) is 32.7. The van der Waals surface area contributed by atoms with Crippen LogP contribution in [0.1, 0.15) is 55.2 Å².